The molecule has 0 saturated carbocycles. The molecule has 5 heteroatoms. The van der Waals surface area contributed by atoms with Gasteiger partial charge in [0, 0.05) is 30.9 Å². The molecule has 1 aromatic heterocycles. The van der Waals surface area contributed by atoms with E-state index >= 15 is 0 Å². The highest BCUT2D eigenvalue weighted by Gasteiger charge is 2.38. The average Bonchev–Trinajstić information content (AvgIpc) is 2.83. The maximum atomic E-state index is 11.1. The highest BCUT2D eigenvalue weighted by atomic mass is 16.4. The number of hydrogen-bond acceptors (Lipinski definition) is 3. The van der Waals surface area contributed by atoms with Crippen molar-refractivity contribution in [1.29, 1.82) is 0 Å². The Labute approximate surface area is 101 Å². The minimum absolute atomic E-state index is 0.0858. The number of carboxylic acids is 1. The zero-order valence-electron chi connectivity index (χ0n) is 10.5. The highest BCUT2D eigenvalue weighted by molar-refractivity contribution is 5.71. The molecule has 1 aliphatic rings. The number of hydrogen-bond donors (Lipinski definition) is 1. The van der Waals surface area contributed by atoms with Gasteiger partial charge in [-0.15, -0.1) is 0 Å². The van der Waals surface area contributed by atoms with E-state index in [0.717, 1.165) is 18.5 Å². The van der Waals surface area contributed by atoms with Crippen LogP contribution in [0.2, 0.25) is 0 Å². The molecule has 3 unspecified atom stereocenters. The number of carboxylic acid groups (broad SMARTS) is 1. The monoisotopic (exact) mass is 237 g/mol. The van der Waals surface area contributed by atoms with E-state index in [4.69, 9.17) is 5.11 Å². The molecule has 94 valence electrons. The van der Waals surface area contributed by atoms with Crippen LogP contribution in [-0.2, 0) is 11.8 Å². The lowest BCUT2D eigenvalue weighted by Crippen LogP contribution is -2.34. The second kappa shape index (κ2) is 4.49. The van der Waals surface area contributed by atoms with Crippen molar-refractivity contribution >= 4 is 5.97 Å². The molecular formula is C12H19N3O2. The van der Waals surface area contributed by atoms with Crippen molar-refractivity contribution in [1.82, 2.24) is 14.7 Å². The zero-order valence-corrected chi connectivity index (χ0v) is 10.5. The van der Waals surface area contributed by atoms with Crippen molar-refractivity contribution in [3.8, 4) is 0 Å². The van der Waals surface area contributed by atoms with Gasteiger partial charge in [-0.2, -0.15) is 5.10 Å². The van der Waals surface area contributed by atoms with Crippen molar-refractivity contribution in [3.05, 3.63) is 18.0 Å². The fraction of sp³-hybridized carbons (Fsp3) is 0.667. The van der Waals surface area contributed by atoms with Gasteiger partial charge in [-0.25, -0.2) is 0 Å². The lowest BCUT2D eigenvalue weighted by molar-refractivity contribution is -0.142. The second-order valence-corrected chi connectivity index (χ2v) is 4.84. The molecule has 5 nitrogen and oxygen atoms in total. The number of aromatic nitrogens is 2. The first-order valence-corrected chi connectivity index (χ1v) is 5.97. The third kappa shape index (κ3) is 2.20. The maximum Gasteiger partial charge on any atom is 0.308 e. The topological polar surface area (TPSA) is 58.4 Å². The Morgan fingerprint density at radius 2 is 2.35 bits per heavy atom. The van der Waals surface area contributed by atoms with E-state index in [2.05, 4.69) is 16.9 Å². The molecule has 1 saturated heterocycles. The van der Waals surface area contributed by atoms with Crippen LogP contribution in [0, 0.1) is 5.92 Å². The summed E-state index contributed by atoms with van der Waals surface area (Å²) in [6.45, 7) is 4.95. The van der Waals surface area contributed by atoms with Crippen molar-refractivity contribution in [3.63, 3.8) is 0 Å². The predicted molar refractivity (Wildman–Crippen MR) is 63.5 cm³/mol. The fourth-order valence-electron chi connectivity index (χ4n) is 2.69. The molecule has 3 atom stereocenters. The number of carbonyl (C=O) groups is 1. The van der Waals surface area contributed by atoms with Crippen LogP contribution < -0.4 is 0 Å². The molecule has 2 rings (SSSR count). The minimum atomic E-state index is -0.682. The molecule has 17 heavy (non-hydrogen) atoms. The van der Waals surface area contributed by atoms with E-state index in [0.29, 0.717) is 0 Å². The van der Waals surface area contributed by atoms with Gasteiger partial charge in [0.05, 0.1) is 12.1 Å². The van der Waals surface area contributed by atoms with Crippen LogP contribution >= 0.6 is 0 Å². The SMILES string of the molecule is CC(c1cnn(C)c1)N1CCC(C(=O)O)C1C. The molecule has 0 bridgehead atoms. The van der Waals surface area contributed by atoms with Crippen molar-refractivity contribution < 1.29 is 9.90 Å². The number of aryl methyl sites for hydroxylation is 1. The first-order chi connectivity index (χ1) is 8.00. The van der Waals surface area contributed by atoms with E-state index in [1.54, 1.807) is 4.68 Å². The standard InChI is InChI=1S/C12H19N3O2/c1-8(10-6-13-14(3)7-10)15-5-4-11(9(15)2)12(16)17/h6-9,11H,4-5H2,1-3H3,(H,16,17). The summed E-state index contributed by atoms with van der Waals surface area (Å²) in [7, 11) is 1.89. The summed E-state index contributed by atoms with van der Waals surface area (Å²) in [6, 6.07) is 0.311. The van der Waals surface area contributed by atoms with E-state index < -0.39 is 5.97 Å². The normalized spacial score (nSPS) is 27.2. The van der Waals surface area contributed by atoms with Crippen molar-refractivity contribution in [2.45, 2.75) is 32.4 Å². The van der Waals surface area contributed by atoms with Crippen LogP contribution in [0.15, 0.2) is 12.4 Å². The van der Waals surface area contributed by atoms with Gasteiger partial charge in [0.1, 0.15) is 0 Å². The largest absolute Gasteiger partial charge is 0.481 e. The average molecular weight is 237 g/mol. The van der Waals surface area contributed by atoms with E-state index in [-0.39, 0.29) is 18.0 Å². The fourth-order valence-corrected chi connectivity index (χ4v) is 2.69. The number of likely N-dealkylation sites (tertiary alicyclic amines) is 1. The minimum Gasteiger partial charge on any atom is -0.481 e. The molecule has 0 spiro atoms. The van der Waals surface area contributed by atoms with Gasteiger partial charge in [-0.3, -0.25) is 14.4 Å². The van der Waals surface area contributed by atoms with E-state index in [1.807, 2.05) is 26.4 Å². The molecule has 1 aliphatic heterocycles. The highest BCUT2D eigenvalue weighted by Crippen LogP contribution is 2.32. The molecule has 1 fully saturated rings. The van der Waals surface area contributed by atoms with E-state index in [9.17, 15) is 4.79 Å². The third-order valence-corrected chi connectivity index (χ3v) is 3.83. The van der Waals surface area contributed by atoms with Gasteiger partial charge >= 0.3 is 5.97 Å². The molecular weight excluding hydrogens is 218 g/mol. The Bertz CT molecular complexity index is 416. The van der Waals surface area contributed by atoms with Crippen LogP contribution in [0.25, 0.3) is 0 Å². The second-order valence-electron chi connectivity index (χ2n) is 4.84. The lowest BCUT2D eigenvalue weighted by Gasteiger charge is -2.28. The predicted octanol–water partition coefficient (Wildman–Crippen LogP) is 1.28. The quantitative estimate of drug-likeness (QED) is 0.860. The molecule has 0 radical (unpaired) electrons. The lowest BCUT2D eigenvalue weighted by atomic mass is 10.0. The Kier molecular flexibility index (Phi) is 3.19. The molecule has 0 aromatic carbocycles. The third-order valence-electron chi connectivity index (χ3n) is 3.83. The smallest absolute Gasteiger partial charge is 0.308 e. The van der Waals surface area contributed by atoms with Gasteiger partial charge in [0.15, 0.2) is 0 Å². The maximum absolute atomic E-state index is 11.1. The summed E-state index contributed by atoms with van der Waals surface area (Å²) >= 11 is 0. The summed E-state index contributed by atoms with van der Waals surface area (Å²) in [5, 5.41) is 13.3. The van der Waals surface area contributed by atoms with E-state index in [1.165, 1.54) is 0 Å². The van der Waals surface area contributed by atoms with Gasteiger partial charge in [-0.1, -0.05) is 0 Å². The summed E-state index contributed by atoms with van der Waals surface area (Å²) in [5.41, 5.74) is 1.14. The van der Waals surface area contributed by atoms with Crippen LogP contribution in [0.3, 0.4) is 0 Å². The number of rotatable bonds is 3. The van der Waals surface area contributed by atoms with Gasteiger partial charge < -0.3 is 5.11 Å². The summed E-state index contributed by atoms with van der Waals surface area (Å²) in [4.78, 5) is 13.3. The zero-order chi connectivity index (χ0) is 12.6. The van der Waals surface area contributed by atoms with Gasteiger partial charge in [0.25, 0.3) is 0 Å². The Balaban J connectivity index is 2.11. The van der Waals surface area contributed by atoms with Gasteiger partial charge in [-0.05, 0) is 26.8 Å². The summed E-state index contributed by atoms with van der Waals surface area (Å²) in [5.74, 6) is -0.924. The van der Waals surface area contributed by atoms with Crippen molar-refractivity contribution in [2.75, 3.05) is 6.54 Å². The Morgan fingerprint density at radius 3 is 2.82 bits per heavy atom. The van der Waals surface area contributed by atoms with Crippen LogP contribution in [0.1, 0.15) is 31.9 Å². The molecule has 1 aromatic rings. The number of nitrogens with zero attached hydrogens (tertiary/aromatic N) is 3. The summed E-state index contributed by atoms with van der Waals surface area (Å²) in [6.07, 6.45) is 4.58. The van der Waals surface area contributed by atoms with Crippen LogP contribution in [-0.4, -0.2) is 38.3 Å². The van der Waals surface area contributed by atoms with Crippen molar-refractivity contribution in [2.24, 2.45) is 13.0 Å². The Hall–Kier alpha value is -1.36. The first-order valence-electron chi connectivity index (χ1n) is 5.97. The molecule has 0 amide bonds. The van der Waals surface area contributed by atoms with Crippen LogP contribution in [0.4, 0.5) is 0 Å². The number of aliphatic carboxylic acids is 1. The first kappa shape index (κ1) is 12.1. The molecule has 0 aliphatic carbocycles. The Morgan fingerprint density at radius 1 is 1.65 bits per heavy atom. The molecule has 1 N–H and O–H groups in total. The molecule has 2 heterocycles. The summed E-state index contributed by atoms with van der Waals surface area (Å²) < 4.78 is 1.78. The van der Waals surface area contributed by atoms with Crippen LogP contribution in [0.5, 0.6) is 0 Å². The van der Waals surface area contributed by atoms with Gasteiger partial charge in [0.2, 0.25) is 0 Å².